The molecule has 98 valence electrons. The SMILES string of the molecule is CCOC(=O)C(=CN)C(=NC(C)C)C(F)(F)F. The van der Waals surface area contributed by atoms with Crippen molar-refractivity contribution in [2.75, 3.05) is 6.61 Å². The maximum Gasteiger partial charge on any atom is 0.433 e. The van der Waals surface area contributed by atoms with Gasteiger partial charge in [-0.25, -0.2) is 4.79 Å². The Morgan fingerprint density at radius 1 is 1.47 bits per heavy atom. The van der Waals surface area contributed by atoms with Crippen LogP contribution in [0, 0.1) is 0 Å². The van der Waals surface area contributed by atoms with E-state index < -0.39 is 29.5 Å². The van der Waals surface area contributed by atoms with E-state index in [0.717, 1.165) is 0 Å². The van der Waals surface area contributed by atoms with Gasteiger partial charge in [-0.15, -0.1) is 0 Å². The highest BCUT2D eigenvalue weighted by molar-refractivity contribution is 6.21. The average molecular weight is 252 g/mol. The molecule has 0 bridgehead atoms. The lowest BCUT2D eigenvalue weighted by atomic mass is 10.1. The molecule has 0 aliphatic rings. The van der Waals surface area contributed by atoms with Crippen LogP contribution in [-0.4, -0.2) is 30.5 Å². The summed E-state index contributed by atoms with van der Waals surface area (Å²) >= 11 is 0. The predicted octanol–water partition coefficient (Wildman–Crippen LogP) is 1.80. The van der Waals surface area contributed by atoms with E-state index in [1.54, 1.807) is 0 Å². The van der Waals surface area contributed by atoms with Gasteiger partial charge >= 0.3 is 12.1 Å². The Kier molecular flexibility index (Phi) is 5.70. The average Bonchev–Trinajstić information content (AvgIpc) is 2.15. The van der Waals surface area contributed by atoms with E-state index in [-0.39, 0.29) is 6.61 Å². The van der Waals surface area contributed by atoms with Crippen LogP contribution in [0.25, 0.3) is 0 Å². The fourth-order valence-corrected chi connectivity index (χ4v) is 1.01. The van der Waals surface area contributed by atoms with E-state index in [1.807, 2.05) is 0 Å². The third-order valence-corrected chi connectivity index (χ3v) is 1.57. The van der Waals surface area contributed by atoms with Crippen molar-refractivity contribution in [3.63, 3.8) is 0 Å². The number of halogens is 3. The first-order valence-electron chi connectivity index (χ1n) is 4.98. The molecule has 0 unspecified atom stereocenters. The van der Waals surface area contributed by atoms with E-state index in [9.17, 15) is 18.0 Å². The van der Waals surface area contributed by atoms with Crippen LogP contribution in [0.3, 0.4) is 0 Å². The van der Waals surface area contributed by atoms with Gasteiger partial charge in [0.2, 0.25) is 0 Å². The number of carbonyl (C=O) groups excluding carboxylic acids is 1. The number of aliphatic imine (C=N–C) groups is 1. The summed E-state index contributed by atoms with van der Waals surface area (Å²) in [7, 11) is 0. The second-order valence-corrected chi connectivity index (χ2v) is 3.37. The third kappa shape index (κ3) is 4.88. The van der Waals surface area contributed by atoms with Gasteiger partial charge < -0.3 is 10.5 Å². The molecule has 0 fully saturated rings. The van der Waals surface area contributed by atoms with E-state index in [4.69, 9.17) is 5.73 Å². The van der Waals surface area contributed by atoms with Gasteiger partial charge in [0, 0.05) is 12.2 Å². The molecule has 0 spiro atoms. The Bertz CT molecular complexity index is 333. The van der Waals surface area contributed by atoms with Crippen LogP contribution in [0.4, 0.5) is 13.2 Å². The molecule has 4 nitrogen and oxygen atoms in total. The van der Waals surface area contributed by atoms with E-state index >= 15 is 0 Å². The van der Waals surface area contributed by atoms with Crippen LogP contribution in [-0.2, 0) is 9.53 Å². The summed E-state index contributed by atoms with van der Waals surface area (Å²) < 4.78 is 42.5. The summed E-state index contributed by atoms with van der Waals surface area (Å²) in [5.41, 5.74) is 2.95. The van der Waals surface area contributed by atoms with Crippen molar-refractivity contribution >= 4 is 11.7 Å². The van der Waals surface area contributed by atoms with Crippen molar-refractivity contribution < 1.29 is 22.7 Å². The molecule has 0 amide bonds. The van der Waals surface area contributed by atoms with Crippen LogP contribution in [0.15, 0.2) is 16.8 Å². The highest BCUT2D eigenvalue weighted by atomic mass is 19.4. The lowest BCUT2D eigenvalue weighted by Gasteiger charge is -2.14. The highest BCUT2D eigenvalue weighted by Gasteiger charge is 2.41. The Morgan fingerprint density at radius 2 is 2.00 bits per heavy atom. The van der Waals surface area contributed by atoms with Crippen LogP contribution in [0.5, 0.6) is 0 Å². The normalized spacial score (nSPS) is 14.1. The molecule has 0 saturated heterocycles. The maximum absolute atomic E-state index is 12.7. The molecule has 17 heavy (non-hydrogen) atoms. The first kappa shape index (κ1) is 15.5. The van der Waals surface area contributed by atoms with Crippen molar-refractivity contribution in [2.45, 2.75) is 33.0 Å². The standard InChI is InChI=1S/C10H15F3N2O2/c1-4-17-9(16)7(5-14)8(10(11,12)13)15-6(2)3/h5-6H,4,14H2,1-3H3. The Balaban J connectivity index is 5.38. The van der Waals surface area contributed by atoms with Crippen LogP contribution in [0.1, 0.15) is 20.8 Å². The van der Waals surface area contributed by atoms with Crippen molar-refractivity contribution in [2.24, 2.45) is 10.7 Å². The number of nitrogens with zero attached hydrogens (tertiary/aromatic N) is 1. The fourth-order valence-electron chi connectivity index (χ4n) is 1.01. The first-order valence-corrected chi connectivity index (χ1v) is 4.98. The lowest BCUT2D eigenvalue weighted by Crippen LogP contribution is -2.31. The van der Waals surface area contributed by atoms with Crippen LogP contribution in [0.2, 0.25) is 0 Å². The number of nitrogens with two attached hydrogens (primary N) is 1. The maximum atomic E-state index is 12.7. The smallest absolute Gasteiger partial charge is 0.433 e. The first-order chi connectivity index (χ1) is 7.73. The zero-order valence-electron chi connectivity index (χ0n) is 9.84. The van der Waals surface area contributed by atoms with Gasteiger partial charge in [-0.3, -0.25) is 4.99 Å². The number of hydrogen-bond acceptors (Lipinski definition) is 4. The quantitative estimate of drug-likeness (QED) is 0.471. The lowest BCUT2D eigenvalue weighted by molar-refractivity contribution is -0.138. The van der Waals surface area contributed by atoms with E-state index in [2.05, 4.69) is 9.73 Å². The summed E-state index contributed by atoms with van der Waals surface area (Å²) in [6, 6.07) is -0.615. The van der Waals surface area contributed by atoms with Crippen molar-refractivity contribution in [1.82, 2.24) is 0 Å². The second-order valence-electron chi connectivity index (χ2n) is 3.37. The summed E-state index contributed by atoms with van der Waals surface area (Å²) in [6.45, 7) is 4.37. The molecule has 0 rings (SSSR count). The number of esters is 1. The summed E-state index contributed by atoms with van der Waals surface area (Å²) in [4.78, 5) is 14.7. The Labute approximate surface area is 97.3 Å². The van der Waals surface area contributed by atoms with Crippen molar-refractivity contribution in [3.05, 3.63) is 11.8 Å². The molecule has 2 N–H and O–H groups in total. The number of hydrogen-bond donors (Lipinski definition) is 1. The highest BCUT2D eigenvalue weighted by Crippen LogP contribution is 2.23. The minimum atomic E-state index is -4.75. The number of carbonyl (C=O) groups is 1. The molecule has 0 aromatic heterocycles. The molecule has 0 saturated carbocycles. The topological polar surface area (TPSA) is 64.7 Å². The minimum absolute atomic E-state index is 0.0387. The fraction of sp³-hybridized carbons (Fsp3) is 0.600. The van der Waals surface area contributed by atoms with Gasteiger partial charge in [-0.2, -0.15) is 13.2 Å². The third-order valence-electron chi connectivity index (χ3n) is 1.57. The molecule has 0 heterocycles. The minimum Gasteiger partial charge on any atom is -0.462 e. The summed E-state index contributed by atoms with van der Waals surface area (Å²) in [6.07, 6.45) is -4.19. The van der Waals surface area contributed by atoms with E-state index in [0.29, 0.717) is 6.20 Å². The van der Waals surface area contributed by atoms with E-state index in [1.165, 1.54) is 20.8 Å². The molecule has 0 aliphatic carbocycles. The van der Waals surface area contributed by atoms with Crippen LogP contribution >= 0.6 is 0 Å². The summed E-state index contributed by atoms with van der Waals surface area (Å²) in [5, 5.41) is 0. The molecule has 0 atom stereocenters. The van der Waals surface area contributed by atoms with Crippen molar-refractivity contribution in [3.8, 4) is 0 Å². The molecule has 0 aromatic carbocycles. The van der Waals surface area contributed by atoms with Crippen molar-refractivity contribution in [1.29, 1.82) is 0 Å². The summed E-state index contributed by atoms with van der Waals surface area (Å²) in [5.74, 6) is -1.13. The number of rotatable bonds is 4. The van der Waals surface area contributed by atoms with Gasteiger partial charge in [-0.05, 0) is 20.8 Å². The number of ether oxygens (including phenoxy) is 1. The Hall–Kier alpha value is -1.53. The monoisotopic (exact) mass is 252 g/mol. The molecule has 0 aliphatic heterocycles. The zero-order chi connectivity index (χ0) is 13.6. The second kappa shape index (κ2) is 6.27. The zero-order valence-corrected chi connectivity index (χ0v) is 9.84. The van der Waals surface area contributed by atoms with Gasteiger partial charge in [0.1, 0.15) is 5.57 Å². The molecular formula is C10H15F3N2O2. The Morgan fingerprint density at radius 3 is 2.29 bits per heavy atom. The molecule has 0 radical (unpaired) electrons. The van der Waals surface area contributed by atoms with Crippen LogP contribution < -0.4 is 5.73 Å². The largest absolute Gasteiger partial charge is 0.462 e. The number of alkyl halides is 3. The molecular weight excluding hydrogens is 237 g/mol. The predicted molar refractivity (Wildman–Crippen MR) is 57.5 cm³/mol. The van der Waals surface area contributed by atoms with Gasteiger partial charge in [0.15, 0.2) is 5.71 Å². The molecule has 0 aromatic rings. The molecule has 7 heteroatoms. The van der Waals surface area contributed by atoms with Gasteiger partial charge in [0.05, 0.1) is 6.61 Å². The van der Waals surface area contributed by atoms with Gasteiger partial charge in [-0.1, -0.05) is 0 Å². The van der Waals surface area contributed by atoms with Gasteiger partial charge in [0.25, 0.3) is 0 Å².